The SMILES string of the molecule is COc1ccc(CN2CCC(=CC3=C(C(=O)O)N4C(=O)[C@@H](N(Sc5ccccc5)C(C)=O)[C@H]4SC3)C2=O)cc1. The Kier molecular flexibility index (Phi) is 7.72. The highest BCUT2D eigenvalue weighted by molar-refractivity contribution is 8.00. The molecule has 0 saturated carbocycles. The summed E-state index contributed by atoms with van der Waals surface area (Å²) >= 11 is 2.57. The van der Waals surface area contributed by atoms with E-state index < -0.39 is 23.3 Å². The van der Waals surface area contributed by atoms with Crippen molar-refractivity contribution in [2.45, 2.75) is 36.2 Å². The minimum Gasteiger partial charge on any atom is -0.497 e. The van der Waals surface area contributed by atoms with Crippen LogP contribution >= 0.6 is 23.7 Å². The van der Waals surface area contributed by atoms with Crippen molar-refractivity contribution in [2.75, 3.05) is 19.4 Å². The van der Waals surface area contributed by atoms with Crippen molar-refractivity contribution in [1.82, 2.24) is 14.1 Å². The smallest absolute Gasteiger partial charge is 0.352 e. The summed E-state index contributed by atoms with van der Waals surface area (Å²) in [6, 6.07) is 16.0. The molecule has 5 rings (SSSR count). The topological polar surface area (TPSA) is 107 Å². The number of rotatable bonds is 8. The van der Waals surface area contributed by atoms with Gasteiger partial charge in [0.25, 0.3) is 5.91 Å². The fourth-order valence-electron chi connectivity index (χ4n) is 4.84. The second-order valence-corrected chi connectivity index (χ2v) is 11.4. The maximum absolute atomic E-state index is 13.3. The van der Waals surface area contributed by atoms with Crippen LogP contribution in [0.2, 0.25) is 0 Å². The van der Waals surface area contributed by atoms with Gasteiger partial charge < -0.3 is 14.7 Å². The Bertz CT molecular complexity index is 1380. The van der Waals surface area contributed by atoms with Gasteiger partial charge in [0.15, 0.2) is 6.04 Å². The number of β-lactam (4-membered cyclic amide) rings is 1. The fraction of sp³-hybridized carbons (Fsp3) is 0.286. The first-order valence-corrected chi connectivity index (χ1v) is 14.2. The molecule has 1 N–H and O–H groups in total. The molecule has 2 fully saturated rings. The zero-order valence-electron chi connectivity index (χ0n) is 21.4. The molecule has 3 amide bonds. The van der Waals surface area contributed by atoms with Crippen molar-refractivity contribution in [3.8, 4) is 5.75 Å². The van der Waals surface area contributed by atoms with Crippen molar-refractivity contribution in [2.24, 2.45) is 0 Å². The van der Waals surface area contributed by atoms with Gasteiger partial charge in [0, 0.05) is 36.2 Å². The van der Waals surface area contributed by atoms with E-state index in [1.165, 1.54) is 39.8 Å². The Morgan fingerprint density at radius 1 is 1.15 bits per heavy atom. The number of methoxy groups -OCH3 is 1. The number of fused-ring (bicyclic) bond motifs is 1. The fourth-order valence-corrected chi connectivity index (χ4v) is 7.22. The van der Waals surface area contributed by atoms with Crippen molar-refractivity contribution >= 4 is 47.4 Å². The molecule has 3 aliphatic rings. The minimum atomic E-state index is -1.23. The summed E-state index contributed by atoms with van der Waals surface area (Å²) in [6.45, 7) is 2.36. The Morgan fingerprint density at radius 3 is 2.51 bits per heavy atom. The van der Waals surface area contributed by atoms with Crippen LogP contribution in [-0.2, 0) is 25.7 Å². The molecule has 2 aromatic carbocycles. The Labute approximate surface area is 234 Å². The summed E-state index contributed by atoms with van der Waals surface area (Å²) in [5, 5.41) is 9.55. The molecular weight excluding hydrogens is 538 g/mol. The maximum atomic E-state index is 13.3. The molecule has 2 atom stereocenters. The summed E-state index contributed by atoms with van der Waals surface area (Å²) in [4.78, 5) is 55.0. The number of hydrogen-bond acceptors (Lipinski definition) is 7. The van der Waals surface area contributed by atoms with Gasteiger partial charge >= 0.3 is 5.97 Å². The van der Waals surface area contributed by atoms with Crippen LogP contribution in [0.4, 0.5) is 0 Å². The van der Waals surface area contributed by atoms with E-state index >= 15 is 0 Å². The van der Waals surface area contributed by atoms with Gasteiger partial charge in [-0.1, -0.05) is 30.3 Å². The number of aliphatic carboxylic acids is 1. The molecular formula is C28H27N3O6S2. The van der Waals surface area contributed by atoms with E-state index in [1.54, 1.807) is 18.1 Å². The summed E-state index contributed by atoms with van der Waals surface area (Å²) in [5.74, 6) is -1.07. The lowest BCUT2D eigenvalue weighted by Gasteiger charge is -2.52. The zero-order chi connectivity index (χ0) is 27.7. The molecule has 0 aromatic heterocycles. The lowest BCUT2D eigenvalue weighted by atomic mass is 10.0. The predicted molar refractivity (Wildman–Crippen MR) is 147 cm³/mol. The number of carboxylic acid groups (broad SMARTS) is 1. The first kappa shape index (κ1) is 26.9. The van der Waals surface area contributed by atoms with E-state index in [0.29, 0.717) is 36.4 Å². The molecule has 0 bridgehead atoms. The van der Waals surface area contributed by atoms with Crippen LogP contribution in [-0.4, -0.2) is 73.7 Å². The zero-order valence-corrected chi connectivity index (χ0v) is 23.0. The van der Waals surface area contributed by atoms with E-state index in [4.69, 9.17) is 4.74 Å². The van der Waals surface area contributed by atoms with E-state index in [-0.39, 0.29) is 17.5 Å². The number of amides is 3. The highest BCUT2D eigenvalue weighted by atomic mass is 32.2. The molecule has 2 saturated heterocycles. The van der Waals surface area contributed by atoms with E-state index in [2.05, 4.69) is 0 Å². The summed E-state index contributed by atoms with van der Waals surface area (Å²) < 4.78 is 6.61. The Morgan fingerprint density at radius 2 is 1.87 bits per heavy atom. The molecule has 2 aromatic rings. The second kappa shape index (κ2) is 11.2. The lowest BCUT2D eigenvalue weighted by molar-refractivity contribution is -0.154. The average molecular weight is 566 g/mol. The summed E-state index contributed by atoms with van der Waals surface area (Å²) in [5.41, 5.74) is 1.79. The van der Waals surface area contributed by atoms with Crippen LogP contribution in [0, 0.1) is 0 Å². The number of likely N-dealkylation sites (tertiary alicyclic amines) is 1. The van der Waals surface area contributed by atoms with Crippen LogP contribution in [0.15, 0.2) is 82.4 Å². The molecule has 39 heavy (non-hydrogen) atoms. The van der Waals surface area contributed by atoms with Gasteiger partial charge in [-0.05, 0) is 59.8 Å². The minimum absolute atomic E-state index is 0.123. The molecule has 3 heterocycles. The van der Waals surface area contributed by atoms with Crippen molar-refractivity contribution < 1.29 is 29.0 Å². The Balaban J connectivity index is 1.34. The van der Waals surface area contributed by atoms with Crippen LogP contribution in [0.5, 0.6) is 5.75 Å². The molecule has 11 heteroatoms. The van der Waals surface area contributed by atoms with E-state index in [0.717, 1.165) is 16.2 Å². The molecule has 202 valence electrons. The van der Waals surface area contributed by atoms with Crippen LogP contribution in [0.3, 0.4) is 0 Å². The standard InChI is InChI=1S/C28H27N3O6S2/c1-17(32)31(39-22-6-4-3-5-7-22)24-26(34)30-23(28(35)36)20(16-38-27(24)30)14-19-12-13-29(25(19)33)15-18-8-10-21(37-2)11-9-18/h3-11,14,24,27H,12-13,15-16H2,1-2H3,(H,35,36)/t24-,27-/m1/s1. The number of nitrogens with zero attached hydrogens (tertiary/aromatic N) is 3. The highest BCUT2D eigenvalue weighted by Gasteiger charge is 2.57. The summed E-state index contributed by atoms with van der Waals surface area (Å²) in [7, 11) is 1.60. The largest absolute Gasteiger partial charge is 0.497 e. The third-order valence-electron chi connectivity index (χ3n) is 6.78. The quantitative estimate of drug-likeness (QED) is 0.294. The van der Waals surface area contributed by atoms with Gasteiger partial charge in [0.2, 0.25) is 11.8 Å². The first-order valence-electron chi connectivity index (χ1n) is 12.3. The number of hydrogen-bond donors (Lipinski definition) is 1. The third kappa shape index (κ3) is 5.28. The van der Waals surface area contributed by atoms with E-state index in [1.807, 2.05) is 54.6 Å². The van der Waals surface area contributed by atoms with Gasteiger partial charge in [-0.2, -0.15) is 0 Å². The van der Waals surface area contributed by atoms with Crippen molar-refractivity contribution in [3.05, 3.63) is 83.1 Å². The first-order chi connectivity index (χ1) is 18.8. The molecule has 9 nitrogen and oxygen atoms in total. The second-order valence-electron chi connectivity index (χ2n) is 9.28. The van der Waals surface area contributed by atoms with Gasteiger partial charge in [-0.3, -0.25) is 23.6 Å². The lowest BCUT2D eigenvalue weighted by Crippen LogP contribution is -2.69. The molecule has 0 unspecified atom stereocenters. The normalized spacial score (nSPS) is 21.6. The number of carbonyl (C=O) groups excluding carboxylic acids is 3. The number of carbonyl (C=O) groups is 4. The van der Waals surface area contributed by atoms with Crippen LogP contribution in [0.25, 0.3) is 0 Å². The van der Waals surface area contributed by atoms with Crippen molar-refractivity contribution in [1.29, 1.82) is 0 Å². The number of allylic oxidation sites excluding steroid dienone is 1. The Hall–Kier alpha value is -3.70. The highest BCUT2D eigenvalue weighted by Crippen LogP contribution is 2.45. The number of carboxylic acids is 1. The van der Waals surface area contributed by atoms with Gasteiger partial charge in [-0.15, -0.1) is 11.8 Å². The van der Waals surface area contributed by atoms with Gasteiger partial charge in [-0.25, -0.2) is 4.79 Å². The monoisotopic (exact) mass is 565 g/mol. The molecule has 0 aliphatic carbocycles. The molecule has 0 radical (unpaired) electrons. The van der Waals surface area contributed by atoms with E-state index in [9.17, 15) is 24.3 Å². The molecule has 3 aliphatic heterocycles. The van der Waals surface area contributed by atoms with Gasteiger partial charge in [0.1, 0.15) is 16.8 Å². The number of thioether (sulfide) groups is 1. The predicted octanol–water partition coefficient (Wildman–Crippen LogP) is 3.53. The van der Waals surface area contributed by atoms with Gasteiger partial charge in [0.05, 0.1) is 7.11 Å². The van der Waals surface area contributed by atoms with Crippen LogP contribution < -0.4 is 4.74 Å². The third-order valence-corrected chi connectivity index (χ3v) is 9.23. The maximum Gasteiger partial charge on any atom is 0.352 e. The average Bonchev–Trinajstić information content (AvgIpc) is 3.27. The molecule has 0 spiro atoms. The van der Waals surface area contributed by atoms with Crippen molar-refractivity contribution in [3.63, 3.8) is 0 Å². The summed E-state index contributed by atoms with van der Waals surface area (Å²) in [6.07, 6.45) is 2.12. The van der Waals surface area contributed by atoms with Crippen LogP contribution in [0.1, 0.15) is 18.9 Å². The number of benzene rings is 2. The number of ether oxygens (including phenoxy) is 1.